The molecular weight excluding hydrogens is 340 g/mol. The molecule has 6 heteroatoms. The third-order valence-corrected chi connectivity index (χ3v) is 4.97. The quantitative estimate of drug-likeness (QED) is 0.771. The molecule has 0 radical (unpaired) electrons. The van der Waals surface area contributed by atoms with Crippen LogP contribution in [0.2, 0.25) is 0 Å². The number of nitrogens with one attached hydrogen (secondary N) is 1. The third-order valence-electron chi connectivity index (χ3n) is 4.97. The second kappa shape index (κ2) is 9.35. The van der Waals surface area contributed by atoms with Crippen molar-refractivity contribution in [1.82, 2.24) is 15.3 Å². The number of hydrogen-bond acceptors (Lipinski definition) is 5. The monoisotopic (exact) mass is 368 g/mol. The number of rotatable bonds is 8. The largest absolute Gasteiger partial charge is 0.474 e. The molecule has 0 spiro atoms. The molecule has 2 heterocycles. The maximum Gasteiger partial charge on any atom is 0.253 e. The zero-order chi connectivity index (χ0) is 19.1. The van der Waals surface area contributed by atoms with Gasteiger partial charge in [0.2, 0.25) is 5.88 Å². The summed E-state index contributed by atoms with van der Waals surface area (Å²) < 4.78 is 6.03. The van der Waals surface area contributed by atoms with Crippen molar-refractivity contribution in [2.45, 2.75) is 52.2 Å². The summed E-state index contributed by atoms with van der Waals surface area (Å²) in [7, 11) is 0. The van der Waals surface area contributed by atoms with Crippen molar-refractivity contribution in [3.05, 3.63) is 47.8 Å². The van der Waals surface area contributed by atoms with Crippen molar-refractivity contribution in [3.8, 4) is 5.88 Å². The number of hydrogen-bond donors (Lipinski definition) is 1. The summed E-state index contributed by atoms with van der Waals surface area (Å²) >= 11 is 0. The standard InChI is InChI=1S/C21H28N4O2/c1-3-25(4-2)19-12-11-16(14-23-19)20(26)24-15-17-8-7-13-22-21(17)27-18-9-5-6-10-18/h7-8,11-14,18H,3-6,9-10,15H2,1-2H3,(H,24,26). The summed E-state index contributed by atoms with van der Waals surface area (Å²) in [5.41, 5.74) is 1.44. The highest BCUT2D eigenvalue weighted by Gasteiger charge is 2.19. The predicted molar refractivity (Wildman–Crippen MR) is 106 cm³/mol. The molecule has 1 fully saturated rings. The highest BCUT2D eigenvalue weighted by atomic mass is 16.5. The first-order valence-electron chi connectivity index (χ1n) is 9.81. The molecule has 1 aliphatic carbocycles. The third kappa shape index (κ3) is 4.96. The van der Waals surface area contributed by atoms with Gasteiger partial charge in [0.25, 0.3) is 5.91 Å². The van der Waals surface area contributed by atoms with E-state index in [2.05, 4.69) is 34.0 Å². The molecular formula is C21H28N4O2. The van der Waals surface area contributed by atoms with Gasteiger partial charge in [-0.15, -0.1) is 0 Å². The first kappa shape index (κ1) is 19.1. The van der Waals surface area contributed by atoms with Crippen LogP contribution < -0.4 is 15.0 Å². The molecule has 0 unspecified atom stereocenters. The van der Waals surface area contributed by atoms with Crippen LogP contribution in [-0.2, 0) is 6.54 Å². The molecule has 2 aromatic heterocycles. The van der Waals surface area contributed by atoms with E-state index >= 15 is 0 Å². The van der Waals surface area contributed by atoms with Crippen molar-refractivity contribution in [3.63, 3.8) is 0 Å². The van der Waals surface area contributed by atoms with Gasteiger partial charge in [0, 0.05) is 37.6 Å². The van der Waals surface area contributed by atoms with Gasteiger partial charge >= 0.3 is 0 Å². The molecule has 2 aromatic rings. The van der Waals surface area contributed by atoms with E-state index in [0.717, 1.165) is 37.3 Å². The molecule has 1 aliphatic rings. The van der Waals surface area contributed by atoms with Crippen molar-refractivity contribution in [2.24, 2.45) is 0 Å². The highest BCUT2D eigenvalue weighted by molar-refractivity contribution is 5.94. The van der Waals surface area contributed by atoms with E-state index < -0.39 is 0 Å². The molecule has 3 rings (SSSR count). The van der Waals surface area contributed by atoms with E-state index in [4.69, 9.17) is 4.74 Å². The zero-order valence-corrected chi connectivity index (χ0v) is 16.1. The molecule has 0 aromatic carbocycles. The van der Waals surface area contributed by atoms with Gasteiger partial charge in [0.05, 0.1) is 5.56 Å². The fourth-order valence-corrected chi connectivity index (χ4v) is 3.36. The Morgan fingerprint density at radius 3 is 2.63 bits per heavy atom. The van der Waals surface area contributed by atoms with Crippen molar-refractivity contribution >= 4 is 11.7 Å². The Hall–Kier alpha value is -2.63. The average molecular weight is 368 g/mol. The lowest BCUT2D eigenvalue weighted by Crippen LogP contribution is -2.25. The van der Waals surface area contributed by atoms with Crippen LogP contribution >= 0.6 is 0 Å². The summed E-state index contributed by atoms with van der Waals surface area (Å²) in [5.74, 6) is 1.36. The Morgan fingerprint density at radius 1 is 1.19 bits per heavy atom. The number of aromatic nitrogens is 2. The van der Waals surface area contributed by atoms with Gasteiger partial charge in [-0.25, -0.2) is 9.97 Å². The van der Waals surface area contributed by atoms with Crippen LogP contribution in [0.1, 0.15) is 55.5 Å². The molecule has 0 saturated heterocycles. The molecule has 1 N–H and O–H groups in total. The minimum atomic E-state index is -0.149. The minimum Gasteiger partial charge on any atom is -0.474 e. The van der Waals surface area contributed by atoms with Gasteiger partial charge in [-0.3, -0.25) is 4.79 Å². The van der Waals surface area contributed by atoms with Gasteiger partial charge in [-0.2, -0.15) is 0 Å². The first-order valence-corrected chi connectivity index (χ1v) is 9.81. The van der Waals surface area contributed by atoms with Gasteiger partial charge in [0.15, 0.2) is 0 Å². The van der Waals surface area contributed by atoms with Crippen molar-refractivity contribution in [1.29, 1.82) is 0 Å². The van der Waals surface area contributed by atoms with E-state index in [9.17, 15) is 4.79 Å². The first-order chi connectivity index (χ1) is 13.2. The molecule has 0 aliphatic heterocycles. The Kier molecular flexibility index (Phi) is 6.63. The van der Waals surface area contributed by atoms with Crippen LogP contribution in [0.4, 0.5) is 5.82 Å². The SMILES string of the molecule is CCN(CC)c1ccc(C(=O)NCc2cccnc2OC2CCCC2)cn1. The zero-order valence-electron chi connectivity index (χ0n) is 16.1. The molecule has 27 heavy (non-hydrogen) atoms. The summed E-state index contributed by atoms with van der Waals surface area (Å²) in [6, 6.07) is 7.51. The van der Waals surface area contributed by atoms with Gasteiger partial charge in [0.1, 0.15) is 11.9 Å². The van der Waals surface area contributed by atoms with Crippen LogP contribution in [-0.4, -0.2) is 35.1 Å². The fourth-order valence-electron chi connectivity index (χ4n) is 3.36. The summed E-state index contributed by atoms with van der Waals surface area (Å²) in [5, 5.41) is 2.94. The number of ether oxygens (including phenoxy) is 1. The molecule has 6 nitrogen and oxygen atoms in total. The Labute approximate surface area is 161 Å². The number of carbonyl (C=O) groups excluding carboxylic acids is 1. The minimum absolute atomic E-state index is 0.149. The lowest BCUT2D eigenvalue weighted by Gasteiger charge is -2.19. The van der Waals surface area contributed by atoms with Crippen molar-refractivity contribution < 1.29 is 9.53 Å². The van der Waals surface area contributed by atoms with Crippen LogP contribution in [0, 0.1) is 0 Å². The summed E-state index contributed by atoms with van der Waals surface area (Å²) in [4.78, 5) is 23.4. The lowest BCUT2D eigenvalue weighted by molar-refractivity contribution is 0.0950. The highest BCUT2D eigenvalue weighted by Crippen LogP contribution is 2.25. The van der Waals surface area contributed by atoms with Crippen LogP contribution in [0.3, 0.4) is 0 Å². The van der Waals surface area contributed by atoms with E-state index in [1.807, 2.05) is 24.3 Å². The van der Waals surface area contributed by atoms with Crippen LogP contribution in [0.5, 0.6) is 5.88 Å². The second-order valence-corrected chi connectivity index (χ2v) is 6.75. The topological polar surface area (TPSA) is 67.4 Å². The Balaban J connectivity index is 1.60. The van der Waals surface area contributed by atoms with Gasteiger partial charge < -0.3 is 15.0 Å². The number of nitrogens with zero attached hydrogens (tertiary/aromatic N) is 3. The average Bonchev–Trinajstić information content (AvgIpc) is 3.22. The predicted octanol–water partition coefficient (Wildman–Crippen LogP) is 3.57. The molecule has 144 valence electrons. The Bertz CT molecular complexity index is 738. The number of carbonyl (C=O) groups is 1. The molecule has 0 atom stereocenters. The maximum absolute atomic E-state index is 12.5. The second-order valence-electron chi connectivity index (χ2n) is 6.75. The lowest BCUT2D eigenvalue weighted by atomic mass is 10.2. The smallest absolute Gasteiger partial charge is 0.253 e. The number of anilines is 1. The summed E-state index contributed by atoms with van der Waals surface area (Å²) in [6.45, 7) is 6.34. The van der Waals surface area contributed by atoms with E-state index in [0.29, 0.717) is 18.0 Å². The van der Waals surface area contributed by atoms with Crippen LogP contribution in [0.15, 0.2) is 36.7 Å². The van der Waals surface area contributed by atoms with Crippen LogP contribution in [0.25, 0.3) is 0 Å². The van der Waals surface area contributed by atoms with E-state index in [1.54, 1.807) is 12.4 Å². The fraction of sp³-hybridized carbons (Fsp3) is 0.476. The molecule has 1 saturated carbocycles. The van der Waals surface area contributed by atoms with E-state index in [-0.39, 0.29) is 12.0 Å². The summed E-state index contributed by atoms with van der Waals surface area (Å²) in [6.07, 6.45) is 8.17. The number of pyridine rings is 2. The molecule has 0 bridgehead atoms. The maximum atomic E-state index is 12.5. The molecule has 1 amide bonds. The Morgan fingerprint density at radius 2 is 1.96 bits per heavy atom. The van der Waals surface area contributed by atoms with Gasteiger partial charge in [-0.05, 0) is 57.7 Å². The van der Waals surface area contributed by atoms with Gasteiger partial charge in [-0.1, -0.05) is 6.07 Å². The van der Waals surface area contributed by atoms with Crippen molar-refractivity contribution in [2.75, 3.05) is 18.0 Å². The normalized spacial score (nSPS) is 14.1. The number of amides is 1. The van der Waals surface area contributed by atoms with E-state index in [1.165, 1.54) is 12.8 Å².